The van der Waals surface area contributed by atoms with Gasteiger partial charge in [0.15, 0.2) is 0 Å². The Kier molecular flexibility index (Phi) is 6.33. The molecule has 6 nitrogen and oxygen atoms in total. The minimum absolute atomic E-state index is 0.0160. The fourth-order valence-electron chi connectivity index (χ4n) is 2.09. The van der Waals surface area contributed by atoms with Gasteiger partial charge in [0.05, 0.1) is 26.5 Å². The number of benzene rings is 2. The minimum atomic E-state index is -0.330. The van der Waals surface area contributed by atoms with Gasteiger partial charge < -0.3 is 14.8 Å². The SMILES string of the molecule is COc1ccc(/C(C)=N\NC(=O)CNc2ccc(F)cc2)c(OC)c1. The first-order valence-electron chi connectivity index (χ1n) is 7.58. The van der Waals surface area contributed by atoms with E-state index in [-0.39, 0.29) is 18.3 Å². The molecule has 2 aromatic carbocycles. The summed E-state index contributed by atoms with van der Waals surface area (Å²) in [5.74, 6) is 0.611. The zero-order chi connectivity index (χ0) is 18.2. The van der Waals surface area contributed by atoms with E-state index in [1.807, 2.05) is 0 Å². The Balaban J connectivity index is 1.96. The third-order valence-electron chi connectivity index (χ3n) is 3.44. The molecule has 0 saturated carbocycles. The Hall–Kier alpha value is -3.09. The van der Waals surface area contributed by atoms with Gasteiger partial charge in [0.1, 0.15) is 17.3 Å². The van der Waals surface area contributed by atoms with Crippen LogP contribution in [0, 0.1) is 5.82 Å². The topological polar surface area (TPSA) is 72.0 Å². The van der Waals surface area contributed by atoms with E-state index in [2.05, 4.69) is 15.8 Å². The first-order chi connectivity index (χ1) is 12.0. The molecule has 2 N–H and O–H groups in total. The molecule has 0 radical (unpaired) electrons. The molecular weight excluding hydrogens is 325 g/mol. The van der Waals surface area contributed by atoms with Gasteiger partial charge in [0.2, 0.25) is 0 Å². The number of amides is 1. The largest absolute Gasteiger partial charge is 0.497 e. The van der Waals surface area contributed by atoms with Crippen molar-refractivity contribution in [2.24, 2.45) is 5.10 Å². The number of anilines is 1. The number of halogens is 1. The molecule has 0 bridgehead atoms. The number of hydrogen-bond donors (Lipinski definition) is 2. The Morgan fingerprint density at radius 2 is 1.84 bits per heavy atom. The summed E-state index contributed by atoms with van der Waals surface area (Å²) < 4.78 is 23.3. The molecule has 2 rings (SSSR count). The van der Waals surface area contributed by atoms with E-state index in [4.69, 9.17) is 9.47 Å². The van der Waals surface area contributed by atoms with Gasteiger partial charge in [-0.25, -0.2) is 9.82 Å². The van der Waals surface area contributed by atoms with Crippen LogP contribution in [0.3, 0.4) is 0 Å². The van der Waals surface area contributed by atoms with Crippen molar-refractivity contribution in [3.05, 3.63) is 53.8 Å². The molecule has 1 amide bonds. The predicted molar refractivity (Wildman–Crippen MR) is 94.8 cm³/mol. The number of rotatable bonds is 7. The number of hydrazone groups is 1. The molecule has 0 aliphatic heterocycles. The summed E-state index contributed by atoms with van der Waals surface area (Å²) in [4.78, 5) is 11.9. The maximum Gasteiger partial charge on any atom is 0.259 e. The number of methoxy groups -OCH3 is 2. The normalized spacial score (nSPS) is 11.0. The summed E-state index contributed by atoms with van der Waals surface area (Å²) in [6.45, 7) is 1.78. The summed E-state index contributed by atoms with van der Waals surface area (Å²) in [6, 6.07) is 11.1. The Labute approximate surface area is 145 Å². The number of carbonyl (C=O) groups excluding carboxylic acids is 1. The smallest absolute Gasteiger partial charge is 0.259 e. The van der Waals surface area contributed by atoms with E-state index in [1.165, 1.54) is 12.1 Å². The van der Waals surface area contributed by atoms with Crippen LogP contribution >= 0.6 is 0 Å². The summed E-state index contributed by atoms with van der Waals surface area (Å²) in [5, 5.41) is 6.96. The number of hydrogen-bond acceptors (Lipinski definition) is 5. The van der Waals surface area contributed by atoms with E-state index >= 15 is 0 Å². The third-order valence-corrected chi connectivity index (χ3v) is 3.44. The summed E-state index contributed by atoms with van der Waals surface area (Å²) in [6.07, 6.45) is 0. The minimum Gasteiger partial charge on any atom is -0.497 e. The summed E-state index contributed by atoms with van der Waals surface area (Å²) >= 11 is 0. The second kappa shape index (κ2) is 8.68. The van der Waals surface area contributed by atoms with Crippen molar-refractivity contribution >= 4 is 17.3 Å². The molecule has 0 aliphatic rings. The number of carbonyl (C=O) groups is 1. The molecule has 25 heavy (non-hydrogen) atoms. The van der Waals surface area contributed by atoms with Gasteiger partial charge in [-0.2, -0.15) is 5.10 Å². The van der Waals surface area contributed by atoms with Crippen LogP contribution in [0.15, 0.2) is 47.6 Å². The molecule has 0 aliphatic carbocycles. The molecule has 0 unspecified atom stereocenters. The first-order valence-corrected chi connectivity index (χ1v) is 7.58. The second-order valence-corrected chi connectivity index (χ2v) is 5.16. The number of nitrogens with one attached hydrogen (secondary N) is 2. The van der Waals surface area contributed by atoms with Crippen molar-refractivity contribution in [1.82, 2.24) is 5.43 Å². The number of nitrogens with zero attached hydrogens (tertiary/aromatic N) is 1. The van der Waals surface area contributed by atoms with Crippen LogP contribution in [0.5, 0.6) is 11.5 Å². The average Bonchev–Trinajstić information content (AvgIpc) is 2.65. The predicted octanol–water partition coefficient (Wildman–Crippen LogP) is 2.80. The van der Waals surface area contributed by atoms with Gasteiger partial charge >= 0.3 is 0 Å². The molecule has 0 saturated heterocycles. The van der Waals surface area contributed by atoms with Gasteiger partial charge in [-0.15, -0.1) is 0 Å². The monoisotopic (exact) mass is 345 g/mol. The standard InChI is InChI=1S/C18H20FN3O3/c1-12(16-9-8-15(24-2)10-17(16)25-3)21-22-18(23)11-20-14-6-4-13(19)5-7-14/h4-10,20H,11H2,1-3H3,(H,22,23)/b21-12-. The van der Waals surface area contributed by atoms with E-state index in [1.54, 1.807) is 51.5 Å². The molecule has 0 aromatic heterocycles. The quantitative estimate of drug-likeness (QED) is 0.598. The van der Waals surface area contributed by atoms with Crippen molar-refractivity contribution in [3.8, 4) is 11.5 Å². The van der Waals surface area contributed by atoms with E-state index < -0.39 is 0 Å². The van der Waals surface area contributed by atoms with Crippen LogP contribution in [0.4, 0.5) is 10.1 Å². The van der Waals surface area contributed by atoms with Crippen LogP contribution in [-0.4, -0.2) is 32.4 Å². The molecular formula is C18H20FN3O3. The molecule has 2 aromatic rings. The van der Waals surface area contributed by atoms with E-state index in [9.17, 15) is 9.18 Å². The zero-order valence-electron chi connectivity index (χ0n) is 14.3. The van der Waals surface area contributed by atoms with Crippen LogP contribution in [0.2, 0.25) is 0 Å². The van der Waals surface area contributed by atoms with Crippen molar-refractivity contribution in [2.75, 3.05) is 26.1 Å². The Bertz CT molecular complexity index is 761. The molecule has 7 heteroatoms. The molecule has 0 spiro atoms. The van der Waals surface area contributed by atoms with Crippen molar-refractivity contribution in [1.29, 1.82) is 0 Å². The maximum atomic E-state index is 12.8. The highest BCUT2D eigenvalue weighted by Crippen LogP contribution is 2.25. The first kappa shape index (κ1) is 18.3. The van der Waals surface area contributed by atoms with Gasteiger partial charge in [0, 0.05) is 17.3 Å². The lowest BCUT2D eigenvalue weighted by Crippen LogP contribution is -2.26. The fourth-order valence-corrected chi connectivity index (χ4v) is 2.09. The maximum absolute atomic E-state index is 12.8. The highest BCUT2D eigenvalue weighted by Gasteiger charge is 2.09. The lowest BCUT2D eigenvalue weighted by molar-refractivity contribution is -0.119. The molecule has 0 atom stereocenters. The molecule has 132 valence electrons. The van der Waals surface area contributed by atoms with E-state index in [0.29, 0.717) is 22.9 Å². The second-order valence-electron chi connectivity index (χ2n) is 5.16. The zero-order valence-corrected chi connectivity index (χ0v) is 14.3. The number of ether oxygens (including phenoxy) is 2. The summed E-state index contributed by atoms with van der Waals surface area (Å²) in [5.41, 5.74) is 4.45. The van der Waals surface area contributed by atoms with Gasteiger partial charge in [-0.05, 0) is 43.3 Å². The highest BCUT2D eigenvalue weighted by molar-refractivity contribution is 6.01. The van der Waals surface area contributed by atoms with Crippen LogP contribution in [-0.2, 0) is 4.79 Å². The van der Waals surface area contributed by atoms with Crippen molar-refractivity contribution < 1.29 is 18.7 Å². The lowest BCUT2D eigenvalue weighted by atomic mass is 10.1. The van der Waals surface area contributed by atoms with Crippen LogP contribution < -0.4 is 20.2 Å². The molecule has 0 fully saturated rings. The van der Waals surface area contributed by atoms with Crippen LogP contribution in [0.25, 0.3) is 0 Å². The van der Waals surface area contributed by atoms with Crippen molar-refractivity contribution in [2.45, 2.75) is 6.92 Å². The fraction of sp³-hybridized carbons (Fsp3) is 0.222. The van der Waals surface area contributed by atoms with Crippen molar-refractivity contribution in [3.63, 3.8) is 0 Å². The molecule has 0 heterocycles. The average molecular weight is 345 g/mol. The van der Waals surface area contributed by atoms with Gasteiger partial charge in [-0.1, -0.05) is 0 Å². The Morgan fingerprint density at radius 3 is 2.48 bits per heavy atom. The van der Waals surface area contributed by atoms with E-state index in [0.717, 1.165) is 5.56 Å². The third kappa shape index (κ3) is 5.20. The summed E-state index contributed by atoms with van der Waals surface area (Å²) in [7, 11) is 3.13. The lowest BCUT2D eigenvalue weighted by Gasteiger charge is -2.10. The Morgan fingerprint density at radius 1 is 1.12 bits per heavy atom. The van der Waals surface area contributed by atoms with Gasteiger partial charge in [-0.3, -0.25) is 4.79 Å². The highest BCUT2D eigenvalue weighted by atomic mass is 19.1. The van der Waals surface area contributed by atoms with Gasteiger partial charge in [0.25, 0.3) is 5.91 Å². The van der Waals surface area contributed by atoms with Crippen LogP contribution in [0.1, 0.15) is 12.5 Å².